The van der Waals surface area contributed by atoms with Crippen LogP contribution in [-0.4, -0.2) is 36.0 Å². The zero-order valence-electron chi connectivity index (χ0n) is 17.9. The van der Waals surface area contributed by atoms with E-state index in [1.165, 1.54) is 0 Å². The lowest BCUT2D eigenvalue weighted by Crippen LogP contribution is -2.05. The van der Waals surface area contributed by atoms with Crippen LogP contribution in [0.5, 0.6) is 0 Å². The van der Waals surface area contributed by atoms with E-state index in [1.807, 2.05) is 83.2 Å². The summed E-state index contributed by atoms with van der Waals surface area (Å²) in [6, 6.07) is 5.93. The Morgan fingerprint density at radius 2 is 1.14 bits per heavy atom. The van der Waals surface area contributed by atoms with E-state index in [2.05, 4.69) is 10.2 Å². The minimum atomic E-state index is 0.828. The van der Waals surface area contributed by atoms with Gasteiger partial charge in [0.1, 0.15) is 11.4 Å². The summed E-state index contributed by atoms with van der Waals surface area (Å²) in [4.78, 5) is 14.3. The molecule has 0 saturated carbocycles. The fourth-order valence-electron chi connectivity index (χ4n) is 3.14. The number of aliphatic imine (C=N–C) groups is 2. The third-order valence-corrected chi connectivity index (χ3v) is 4.99. The van der Waals surface area contributed by atoms with Gasteiger partial charge in [0.25, 0.3) is 0 Å². The average Bonchev–Trinajstić information content (AvgIpc) is 3.04. The van der Waals surface area contributed by atoms with Crippen molar-refractivity contribution in [2.24, 2.45) is 24.1 Å². The van der Waals surface area contributed by atoms with Crippen LogP contribution in [0.3, 0.4) is 0 Å². The molecule has 0 aliphatic heterocycles. The minimum absolute atomic E-state index is 0.828. The number of aryl methyl sites for hydroxylation is 4. The van der Waals surface area contributed by atoms with Gasteiger partial charge in [-0.05, 0) is 53.7 Å². The predicted octanol–water partition coefficient (Wildman–Crippen LogP) is 4.06. The molecule has 0 spiro atoms. The van der Waals surface area contributed by atoms with Crippen LogP contribution in [0.25, 0.3) is 0 Å². The second-order valence-electron chi connectivity index (χ2n) is 7.09. The Bertz CT molecular complexity index is 1010. The second kappa shape index (κ2) is 7.50. The van der Waals surface area contributed by atoms with Gasteiger partial charge in [0.2, 0.25) is 0 Å². The summed E-state index contributed by atoms with van der Waals surface area (Å²) >= 11 is 0. The summed E-state index contributed by atoms with van der Waals surface area (Å²) in [5.41, 5.74) is 9.06. The van der Waals surface area contributed by atoms with Gasteiger partial charge in [-0.1, -0.05) is 6.07 Å². The fraction of sp³-hybridized carbons (Fsp3) is 0.381. The molecule has 3 aromatic heterocycles. The van der Waals surface area contributed by atoms with E-state index in [4.69, 9.17) is 15.0 Å². The van der Waals surface area contributed by atoms with Crippen LogP contribution in [0.15, 0.2) is 28.2 Å². The average molecular weight is 377 g/mol. The Balaban J connectivity index is 1.98. The summed E-state index contributed by atoms with van der Waals surface area (Å²) in [5.74, 6) is 0. The quantitative estimate of drug-likeness (QED) is 0.644. The van der Waals surface area contributed by atoms with Gasteiger partial charge in [-0.2, -0.15) is 10.2 Å². The number of aromatic nitrogens is 5. The highest BCUT2D eigenvalue weighted by atomic mass is 15.3. The van der Waals surface area contributed by atoms with Gasteiger partial charge in [-0.3, -0.25) is 9.36 Å². The molecule has 146 valence electrons. The highest BCUT2D eigenvalue weighted by molar-refractivity contribution is 6.02. The maximum Gasteiger partial charge on any atom is 0.107 e. The third-order valence-electron chi connectivity index (χ3n) is 4.99. The largest absolute Gasteiger partial charge is 0.270 e. The molecule has 3 heterocycles. The zero-order chi connectivity index (χ0) is 20.6. The Hall–Kier alpha value is -3.09. The molecule has 3 rings (SSSR count). The topological polar surface area (TPSA) is 73.2 Å². The fourth-order valence-corrected chi connectivity index (χ4v) is 3.14. The summed E-state index contributed by atoms with van der Waals surface area (Å²) in [5, 5.41) is 8.86. The maximum atomic E-state index is 4.78. The molecule has 0 aromatic carbocycles. The summed E-state index contributed by atoms with van der Waals surface area (Å²) in [6.45, 7) is 11.9. The molecule has 0 unspecified atom stereocenters. The van der Waals surface area contributed by atoms with E-state index in [0.717, 1.165) is 57.0 Å². The van der Waals surface area contributed by atoms with Crippen molar-refractivity contribution in [2.75, 3.05) is 0 Å². The molecule has 7 heteroatoms. The Labute approximate surface area is 165 Å². The number of nitrogens with zero attached hydrogens (tertiary/aromatic N) is 7. The monoisotopic (exact) mass is 377 g/mol. The molecule has 28 heavy (non-hydrogen) atoms. The van der Waals surface area contributed by atoms with Crippen molar-refractivity contribution in [3.05, 3.63) is 52.4 Å². The van der Waals surface area contributed by atoms with E-state index in [-0.39, 0.29) is 0 Å². The third kappa shape index (κ3) is 3.65. The van der Waals surface area contributed by atoms with Crippen LogP contribution in [0, 0.1) is 27.7 Å². The van der Waals surface area contributed by atoms with Gasteiger partial charge in [0, 0.05) is 14.1 Å². The molecule has 0 N–H and O–H groups in total. The number of pyridine rings is 1. The van der Waals surface area contributed by atoms with E-state index in [0.29, 0.717) is 0 Å². The Morgan fingerprint density at radius 1 is 0.750 bits per heavy atom. The maximum absolute atomic E-state index is 4.78. The molecule has 3 aromatic rings. The highest BCUT2D eigenvalue weighted by Gasteiger charge is 2.12. The number of hydrogen-bond donors (Lipinski definition) is 0. The van der Waals surface area contributed by atoms with E-state index in [9.17, 15) is 0 Å². The molecule has 0 radical (unpaired) electrons. The van der Waals surface area contributed by atoms with Crippen LogP contribution >= 0.6 is 0 Å². The van der Waals surface area contributed by atoms with E-state index in [1.54, 1.807) is 0 Å². The normalized spacial score (nSPS) is 12.7. The predicted molar refractivity (Wildman–Crippen MR) is 113 cm³/mol. The van der Waals surface area contributed by atoms with Crippen molar-refractivity contribution in [2.45, 2.75) is 41.5 Å². The molecule has 0 amide bonds. The first-order valence-electron chi connectivity index (χ1n) is 9.27. The first kappa shape index (κ1) is 19.7. The summed E-state index contributed by atoms with van der Waals surface area (Å²) in [7, 11) is 3.86. The van der Waals surface area contributed by atoms with Crippen LogP contribution in [0.1, 0.15) is 48.0 Å². The van der Waals surface area contributed by atoms with Crippen LogP contribution in [0.4, 0.5) is 11.4 Å². The van der Waals surface area contributed by atoms with Gasteiger partial charge in [-0.25, -0.2) is 15.0 Å². The lowest BCUT2D eigenvalue weighted by molar-refractivity contribution is 0.731. The van der Waals surface area contributed by atoms with Crippen LogP contribution in [-0.2, 0) is 14.1 Å². The minimum Gasteiger partial charge on any atom is -0.270 e. The van der Waals surface area contributed by atoms with Gasteiger partial charge in [-0.15, -0.1) is 0 Å². The lowest BCUT2D eigenvalue weighted by atomic mass is 10.2. The van der Waals surface area contributed by atoms with Gasteiger partial charge in [0.05, 0.1) is 45.6 Å². The van der Waals surface area contributed by atoms with Crippen molar-refractivity contribution in [3.8, 4) is 0 Å². The first-order valence-corrected chi connectivity index (χ1v) is 9.27. The molecule has 0 saturated heterocycles. The summed E-state index contributed by atoms with van der Waals surface area (Å²) in [6.07, 6.45) is 0. The van der Waals surface area contributed by atoms with E-state index >= 15 is 0 Å². The van der Waals surface area contributed by atoms with Crippen LogP contribution in [0.2, 0.25) is 0 Å². The smallest absolute Gasteiger partial charge is 0.107 e. The lowest BCUT2D eigenvalue weighted by Gasteiger charge is -2.05. The molecule has 0 aliphatic carbocycles. The molecule has 7 nitrogen and oxygen atoms in total. The standard InChI is InChI=1S/C21H27N7/c1-12(22-20-14(3)25-27(7)16(20)5)18-10-9-11-19(24-18)13(2)23-21-15(4)26-28(8)17(21)6/h9-11H,1-8H3. The van der Waals surface area contributed by atoms with Crippen molar-refractivity contribution in [1.82, 2.24) is 24.5 Å². The molecular weight excluding hydrogens is 350 g/mol. The molecular formula is C21H27N7. The van der Waals surface area contributed by atoms with Gasteiger partial charge in [0.15, 0.2) is 0 Å². The molecule has 0 aliphatic rings. The van der Waals surface area contributed by atoms with Crippen molar-refractivity contribution < 1.29 is 0 Å². The Morgan fingerprint density at radius 3 is 1.46 bits per heavy atom. The SMILES string of the molecule is CC(=Nc1c(C)nn(C)c1C)c1cccc(C(C)=Nc2c(C)nn(C)c2C)n1. The second-order valence-corrected chi connectivity index (χ2v) is 7.09. The molecule has 0 fully saturated rings. The van der Waals surface area contributed by atoms with Gasteiger partial charge < -0.3 is 0 Å². The highest BCUT2D eigenvalue weighted by Crippen LogP contribution is 2.24. The zero-order valence-corrected chi connectivity index (χ0v) is 17.9. The molecule has 0 bridgehead atoms. The Kier molecular flexibility index (Phi) is 5.27. The van der Waals surface area contributed by atoms with Crippen molar-refractivity contribution in [1.29, 1.82) is 0 Å². The molecule has 0 atom stereocenters. The van der Waals surface area contributed by atoms with Gasteiger partial charge >= 0.3 is 0 Å². The van der Waals surface area contributed by atoms with E-state index < -0.39 is 0 Å². The first-order chi connectivity index (χ1) is 13.2. The number of hydrogen-bond acceptors (Lipinski definition) is 5. The summed E-state index contributed by atoms with van der Waals surface area (Å²) < 4.78 is 3.70. The van der Waals surface area contributed by atoms with Crippen LogP contribution < -0.4 is 0 Å². The van der Waals surface area contributed by atoms with Crippen molar-refractivity contribution >= 4 is 22.8 Å². The van der Waals surface area contributed by atoms with Crippen molar-refractivity contribution in [3.63, 3.8) is 0 Å². The number of rotatable bonds is 4.